The van der Waals surface area contributed by atoms with E-state index in [4.69, 9.17) is 11.6 Å². The molecule has 0 aliphatic heterocycles. The standard InChI is InChI=1S/C11H14BrClFNO2S/c1-7(2)18(16,17)4-3-15-11-9(12)5-8(14)6-10(11)13/h5-7,15H,3-4H2,1-2H3. The van der Waals surface area contributed by atoms with Crippen molar-refractivity contribution in [1.82, 2.24) is 0 Å². The molecule has 18 heavy (non-hydrogen) atoms. The Morgan fingerprint density at radius 2 is 2.06 bits per heavy atom. The molecule has 0 amide bonds. The number of hydrogen-bond acceptors (Lipinski definition) is 3. The van der Waals surface area contributed by atoms with Crippen LogP contribution in [0.2, 0.25) is 5.02 Å². The normalized spacial score (nSPS) is 11.9. The highest BCUT2D eigenvalue weighted by Crippen LogP contribution is 2.31. The quantitative estimate of drug-likeness (QED) is 0.876. The van der Waals surface area contributed by atoms with Crippen LogP contribution in [0.15, 0.2) is 16.6 Å². The van der Waals surface area contributed by atoms with E-state index in [0.717, 1.165) is 0 Å². The predicted octanol–water partition coefficient (Wildman–Crippen LogP) is 3.48. The molecule has 0 aromatic heterocycles. The second kappa shape index (κ2) is 6.21. The molecule has 0 radical (unpaired) electrons. The third kappa shape index (κ3) is 4.10. The van der Waals surface area contributed by atoms with E-state index in [0.29, 0.717) is 10.2 Å². The summed E-state index contributed by atoms with van der Waals surface area (Å²) in [6, 6.07) is 2.44. The van der Waals surface area contributed by atoms with Crippen LogP contribution in [0, 0.1) is 5.82 Å². The lowest BCUT2D eigenvalue weighted by atomic mass is 10.3. The van der Waals surface area contributed by atoms with E-state index in [-0.39, 0.29) is 17.3 Å². The van der Waals surface area contributed by atoms with Crippen LogP contribution in [0.1, 0.15) is 13.8 Å². The summed E-state index contributed by atoms with van der Waals surface area (Å²) in [6.07, 6.45) is 0. The van der Waals surface area contributed by atoms with Gasteiger partial charge in [0.15, 0.2) is 9.84 Å². The highest BCUT2D eigenvalue weighted by atomic mass is 79.9. The molecular formula is C11H14BrClFNO2S. The number of rotatable bonds is 5. The lowest BCUT2D eigenvalue weighted by Gasteiger charge is -2.12. The topological polar surface area (TPSA) is 46.2 Å². The maximum Gasteiger partial charge on any atom is 0.154 e. The molecule has 1 N–H and O–H groups in total. The summed E-state index contributed by atoms with van der Waals surface area (Å²) in [5.74, 6) is -0.447. The van der Waals surface area contributed by atoms with Gasteiger partial charge >= 0.3 is 0 Å². The lowest BCUT2D eigenvalue weighted by Crippen LogP contribution is -2.23. The average molecular weight is 359 g/mol. The fourth-order valence-corrected chi connectivity index (χ4v) is 3.08. The second-order valence-corrected chi connectivity index (χ2v) is 8.03. The number of halogens is 3. The van der Waals surface area contributed by atoms with Crippen molar-refractivity contribution >= 4 is 43.1 Å². The predicted molar refractivity (Wildman–Crippen MR) is 76.5 cm³/mol. The van der Waals surface area contributed by atoms with Crippen molar-refractivity contribution < 1.29 is 12.8 Å². The first-order valence-electron chi connectivity index (χ1n) is 5.34. The zero-order valence-corrected chi connectivity index (χ0v) is 13.2. The fraction of sp³-hybridized carbons (Fsp3) is 0.455. The molecule has 0 saturated heterocycles. The molecule has 7 heteroatoms. The van der Waals surface area contributed by atoms with Crippen LogP contribution in [0.25, 0.3) is 0 Å². The van der Waals surface area contributed by atoms with Gasteiger partial charge in [0.2, 0.25) is 0 Å². The van der Waals surface area contributed by atoms with E-state index >= 15 is 0 Å². The monoisotopic (exact) mass is 357 g/mol. The molecule has 0 spiro atoms. The first kappa shape index (κ1) is 15.7. The Balaban J connectivity index is 2.71. The Hall–Kier alpha value is -0.330. The summed E-state index contributed by atoms with van der Waals surface area (Å²) >= 11 is 9.04. The number of benzene rings is 1. The summed E-state index contributed by atoms with van der Waals surface area (Å²) in [7, 11) is -3.10. The fourth-order valence-electron chi connectivity index (χ4n) is 1.27. The Kier molecular flexibility index (Phi) is 5.43. The minimum absolute atomic E-state index is 0.00477. The maximum absolute atomic E-state index is 13.0. The zero-order valence-electron chi connectivity index (χ0n) is 10.0. The molecule has 0 fully saturated rings. The van der Waals surface area contributed by atoms with Crippen LogP contribution >= 0.6 is 27.5 Å². The van der Waals surface area contributed by atoms with Gasteiger partial charge in [0.1, 0.15) is 5.82 Å². The van der Waals surface area contributed by atoms with E-state index < -0.39 is 20.9 Å². The minimum atomic E-state index is -3.10. The third-order valence-corrected chi connectivity index (χ3v) is 5.55. The Bertz CT molecular complexity index is 511. The summed E-state index contributed by atoms with van der Waals surface area (Å²) < 4.78 is 36.7. The Morgan fingerprint density at radius 3 is 2.56 bits per heavy atom. The van der Waals surface area contributed by atoms with Gasteiger partial charge in [-0.15, -0.1) is 0 Å². The molecule has 1 aromatic carbocycles. The SMILES string of the molecule is CC(C)S(=O)(=O)CCNc1c(Cl)cc(F)cc1Br. The number of anilines is 1. The van der Waals surface area contributed by atoms with Crippen LogP contribution < -0.4 is 5.32 Å². The van der Waals surface area contributed by atoms with Crippen LogP contribution in [0.3, 0.4) is 0 Å². The largest absolute Gasteiger partial charge is 0.382 e. The Morgan fingerprint density at radius 1 is 1.44 bits per heavy atom. The van der Waals surface area contributed by atoms with Crippen LogP contribution in [-0.4, -0.2) is 26.0 Å². The van der Waals surface area contributed by atoms with Crippen LogP contribution in [0.5, 0.6) is 0 Å². The number of sulfone groups is 1. The molecule has 0 heterocycles. The first-order chi connectivity index (χ1) is 8.24. The first-order valence-corrected chi connectivity index (χ1v) is 8.22. The Labute approximate surface area is 120 Å². The van der Waals surface area contributed by atoms with Crippen molar-refractivity contribution in [2.75, 3.05) is 17.6 Å². The van der Waals surface area contributed by atoms with E-state index in [1.165, 1.54) is 12.1 Å². The van der Waals surface area contributed by atoms with E-state index in [1.807, 2.05) is 0 Å². The van der Waals surface area contributed by atoms with Gasteiger partial charge in [-0.05, 0) is 41.9 Å². The van der Waals surface area contributed by atoms with Gasteiger partial charge in [-0.1, -0.05) is 11.6 Å². The molecule has 0 saturated carbocycles. The zero-order chi connectivity index (χ0) is 13.9. The van der Waals surface area contributed by atoms with Crippen molar-refractivity contribution in [3.05, 3.63) is 27.4 Å². The molecule has 0 unspecified atom stereocenters. The highest BCUT2D eigenvalue weighted by molar-refractivity contribution is 9.10. The average Bonchev–Trinajstić information content (AvgIpc) is 2.21. The molecule has 102 valence electrons. The van der Waals surface area contributed by atoms with Gasteiger partial charge < -0.3 is 5.32 Å². The molecule has 0 atom stereocenters. The van der Waals surface area contributed by atoms with Crippen molar-refractivity contribution in [2.24, 2.45) is 0 Å². The van der Waals surface area contributed by atoms with Gasteiger partial charge in [-0.2, -0.15) is 0 Å². The second-order valence-electron chi connectivity index (χ2n) is 4.09. The van der Waals surface area contributed by atoms with Crippen LogP contribution in [-0.2, 0) is 9.84 Å². The highest BCUT2D eigenvalue weighted by Gasteiger charge is 2.16. The number of hydrogen-bond donors (Lipinski definition) is 1. The van der Waals surface area contributed by atoms with Gasteiger partial charge in [-0.25, -0.2) is 12.8 Å². The molecule has 0 aliphatic carbocycles. The minimum Gasteiger partial charge on any atom is -0.382 e. The molecule has 0 bridgehead atoms. The van der Waals surface area contributed by atoms with Crippen molar-refractivity contribution in [1.29, 1.82) is 0 Å². The third-order valence-electron chi connectivity index (χ3n) is 2.41. The molecule has 0 aliphatic rings. The van der Waals surface area contributed by atoms with Gasteiger partial charge in [0.25, 0.3) is 0 Å². The summed E-state index contributed by atoms with van der Waals surface area (Å²) in [5.41, 5.74) is 0.497. The molecule has 1 rings (SSSR count). The van der Waals surface area contributed by atoms with Crippen molar-refractivity contribution in [2.45, 2.75) is 19.1 Å². The molecular weight excluding hydrogens is 345 g/mol. The summed E-state index contributed by atoms with van der Waals surface area (Å²) in [6.45, 7) is 3.50. The van der Waals surface area contributed by atoms with E-state index in [9.17, 15) is 12.8 Å². The van der Waals surface area contributed by atoms with Gasteiger partial charge in [0.05, 0.1) is 21.7 Å². The van der Waals surface area contributed by atoms with Gasteiger partial charge in [-0.3, -0.25) is 0 Å². The van der Waals surface area contributed by atoms with E-state index in [2.05, 4.69) is 21.2 Å². The molecule has 3 nitrogen and oxygen atoms in total. The van der Waals surface area contributed by atoms with Crippen molar-refractivity contribution in [3.8, 4) is 0 Å². The van der Waals surface area contributed by atoms with Gasteiger partial charge in [0, 0.05) is 11.0 Å². The summed E-state index contributed by atoms with van der Waals surface area (Å²) in [5, 5.41) is 2.70. The van der Waals surface area contributed by atoms with Crippen molar-refractivity contribution in [3.63, 3.8) is 0 Å². The van der Waals surface area contributed by atoms with Crippen LogP contribution in [0.4, 0.5) is 10.1 Å². The molecule has 1 aromatic rings. The van der Waals surface area contributed by atoms with E-state index in [1.54, 1.807) is 13.8 Å². The summed E-state index contributed by atoms with van der Waals surface area (Å²) in [4.78, 5) is 0. The smallest absolute Gasteiger partial charge is 0.154 e. The lowest BCUT2D eigenvalue weighted by molar-refractivity contribution is 0.587. The maximum atomic E-state index is 13.0. The number of nitrogens with one attached hydrogen (secondary N) is 1.